The molecule has 154 valence electrons. The number of ether oxygens (including phenoxy) is 2. The molecule has 0 saturated carbocycles. The molecule has 2 aromatic carbocycles. The summed E-state index contributed by atoms with van der Waals surface area (Å²) < 4.78 is 28.4. The molecule has 0 fully saturated rings. The summed E-state index contributed by atoms with van der Waals surface area (Å²) in [6, 6.07) is 11.9. The number of benzene rings is 2. The van der Waals surface area contributed by atoms with Crippen LogP contribution in [0.5, 0.6) is 5.75 Å². The highest BCUT2D eigenvalue weighted by Crippen LogP contribution is 2.33. The Kier molecular flexibility index (Phi) is 3.89. The molecule has 2 aromatic heterocycles. The molecule has 0 aliphatic carbocycles. The van der Waals surface area contributed by atoms with E-state index in [0.29, 0.717) is 24.6 Å². The third kappa shape index (κ3) is 2.81. The van der Waals surface area contributed by atoms with Gasteiger partial charge < -0.3 is 9.47 Å². The first kappa shape index (κ1) is 17.8. The molecule has 2 aliphatic rings. The van der Waals surface area contributed by atoms with Crippen molar-refractivity contribution >= 4 is 5.90 Å². The quantitative estimate of drug-likeness (QED) is 0.452. The van der Waals surface area contributed by atoms with Crippen molar-refractivity contribution in [2.24, 2.45) is 4.99 Å². The molecule has 6 rings (SSSR count). The van der Waals surface area contributed by atoms with Gasteiger partial charge in [-0.05, 0) is 29.8 Å². The van der Waals surface area contributed by atoms with Crippen LogP contribution in [0.3, 0.4) is 0 Å². The van der Waals surface area contributed by atoms with Crippen molar-refractivity contribution in [3.8, 4) is 17.1 Å². The second-order valence-corrected chi connectivity index (χ2v) is 7.39. The number of aliphatic imine (C=N–C) groups is 1. The standard InChI is InChI=1S/C22H17FN6O2/c1-30-16-6-7-18-19(9-16)29-15(10-25-27-29)8-20-21(24-12-28(18)20)22-26-17(11-31-22)13-2-4-14(23)5-3-13/h2-7,9-10,12,17H,8,11H2,1H3/t17-/m1/s1. The van der Waals surface area contributed by atoms with Crippen LogP contribution < -0.4 is 4.74 Å². The van der Waals surface area contributed by atoms with E-state index in [1.807, 2.05) is 27.4 Å². The highest BCUT2D eigenvalue weighted by atomic mass is 19.1. The van der Waals surface area contributed by atoms with Gasteiger partial charge in [-0.2, -0.15) is 0 Å². The molecule has 0 radical (unpaired) electrons. The van der Waals surface area contributed by atoms with Crippen molar-refractivity contribution in [1.29, 1.82) is 0 Å². The summed E-state index contributed by atoms with van der Waals surface area (Å²) in [5.41, 5.74) is 5.21. The maximum atomic E-state index is 13.3. The van der Waals surface area contributed by atoms with Crippen LogP contribution in [0.25, 0.3) is 11.4 Å². The fourth-order valence-electron chi connectivity index (χ4n) is 4.04. The number of hydrogen-bond acceptors (Lipinski definition) is 6. The molecule has 1 atom stereocenters. The zero-order chi connectivity index (χ0) is 20.9. The summed E-state index contributed by atoms with van der Waals surface area (Å²) in [6.07, 6.45) is 4.07. The van der Waals surface area contributed by atoms with Crippen molar-refractivity contribution in [2.45, 2.75) is 12.5 Å². The van der Waals surface area contributed by atoms with Gasteiger partial charge in [-0.15, -0.1) is 5.10 Å². The summed E-state index contributed by atoms with van der Waals surface area (Å²) in [4.78, 5) is 9.36. The largest absolute Gasteiger partial charge is 0.497 e. The summed E-state index contributed by atoms with van der Waals surface area (Å²) in [6.45, 7) is 0.389. The van der Waals surface area contributed by atoms with E-state index >= 15 is 0 Å². The smallest absolute Gasteiger partial charge is 0.238 e. The van der Waals surface area contributed by atoms with Crippen LogP contribution in [-0.2, 0) is 11.2 Å². The van der Waals surface area contributed by atoms with Crippen LogP contribution in [0.2, 0.25) is 0 Å². The van der Waals surface area contributed by atoms with E-state index in [-0.39, 0.29) is 11.9 Å². The molecular formula is C22H17FN6O2. The lowest BCUT2D eigenvalue weighted by Gasteiger charge is -2.11. The van der Waals surface area contributed by atoms with Gasteiger partial charge in [0.15, 0.2) is 0 Å². The molecule has 4 heterocycles. The lowest BCUT2D eigenvalue weighted by Crippen LogP contribution is -2.08. The van der Waals surface area contributed by atoms with Gasteiger partial charge in [0.2, 0.25) is 5.90 Å². The van der Waals surface area contributed by atoms with Crippen molar-refractivity contribution < 1.29 is 13.9 Å². The second kappa shape index (κ2) is 6.76. The topological polar surface area (TPSA) is 79.3 Å². The maximum absolute atomic E-state index is 13.3. The first-order valence-electron chi connectivity index (χ1n) is 9.82. The number of fused-ring (bicyclic) bond motifs is 5. The lowest BCUT2D eigenvalue weighted by molar-refractivity contribution is 0.319. The summed E-state index contributed by atoms with van der Waals surface area (Å²) in [7, 11) is 1.63. The molecule has 2 aliphatic heterocycles. The number of hydrogen-bond donors (Lipinski definition) is 0. The van der Waals surface area contributed by atoms with Gasteiger partial charge in [0, 0.05) is 12.5 Å². The molecule has 4 aromatic rings. The van der Waals surface area contributed by atoms with Crippen molar-refractivity contribution in [1.82, 2.24) is 24.5 Å². The third-order valence-electron chi connectivity index (χ3n) is 5.61. The molecule has 0 N–H and O–H groups in total. The van der Waals surface area contributed by atoms with Gasteiger partial charge >= 0.3 is 0 Å². The van der Waals surface area contributed by atoms with E-state index in [9.17, 15) is 4.39 Å². The minimum absolute atomic E-state index is 0.192. The van der Waals surface area contributed by atoms with Crippen LogP contribution in [0.1, 0.15) is 28.7 Å². The average molecular weight is 416 g/mol. The predicted molar refractivity (Wildman–Crippen MR) is 109 cm³/mol. The monoisotopic (exact) mass is 416 g/mol. The van der Waals surface area contributed by atoms with Gasteiger partial charge in [0.05, 0.1) is 36.1 Å². The zero-order valence-corrected chi connectivity index (χ0v) is 16.6. The van der Waals surface area contributed by atoms with Crippen LogP contribution >= 0.6 is 0 Å². The molecule has 0 spiro atoms. The summed E-state index contributed by atoms with van der Waals surface area (Å²) >= 11 is 0. The summed E-state index contributed by atoms with van der Waals surface area (Å²) in [5, 5.41) is 8.36. The van der Waals surface area contributed by atoms with E-state index in [1.54, 1.807) is 31.8 Å². The van der Waals surface area contributed by atoms with E-state index in [2.05, 4.69) is 15.3 Å². The Bertz CT molecular complexity index is 1320. The van der Waals surface area contributed by atoms with E-state index in [0.717, 1.165) is 34.1 Å². The molecular weight excluding hydrogens is 399 g/mol. The van der Waals surface area contributed by atoms with Crippen LogP contribution in [-0.4, -0.2) is 44.2 Å². The molecule has 9 heteroatoms. The molecule has 0 saturated heterocycles. The van der Waals surface area contributed by atoms with Crippen LogP contribution in [0.15, 0.2) is 60.0 Å². The van der Waals surface area contributed by atoms with E-state index in [1.165, 1.54) is 12.1 Å². The Morgan fingerprint density at radius 2 is 2.00 bits per heavy atom. The SMILES string of the molecule is COc1ccc2c(c1)-n1nncc1Cc1c(C3=N[C@@H](c4ccc(F)cc4)CO3)ncn1-2. The first-order chi connectivity index (χ1) is 15.2. The molecule has 0 amide bonds. The highest BCUT2D eigenvalue weighted by Gasteiger charge is 2.29. The van der Waals surface area contributed by atoms with Gasteiger partial charge in [-0.25, -0.2) is 19.0 Å². The number of nitrogens with zero attached hydrogens (tertiary/aromatic N) is 6. The fourth-order valence-corrected chi connectivity index (χ4v) is 4.04. The molecule has 0 unspecified atom stereocenters. The van der Waals surface area contributed by atoms with Crippen LogP contribution in [0, 0.1) is 5.82 Å². The van der Waals surface area contributed by atoms with Gasteiger partial charge in [0.25, 0.3) is 0 Å². The van der Waals surface area contributed by atoms with E-state index < -0.39 is 0 Å². The number of rotatable bonds is 3. The van der Waals surface area contributed by atoms with Crippen molar-refractivity contribution in [3.63, 3.8) is 0 Å². The zero-order valence-electron chi connectivity index (χ0n) is 16.6. The number of halogens is 1. The minimum atomic E-state index is -0.271. The Hall–Kier alpha value is -4.01. The van der Waals surface area contributed by atoms with Gasteiger partial charge in [-0.3, -0.25) is 4.57 Å². The van der Waals surface area contributed by atoms with Gasteiger partial charge in [-0.1, -0.05) is 17.3 Å². The average Bonchev–Trinajstić information content (AvgIpc) is 3.53. The Balaban J connectivity index is 1.45. The second-order valence-electron chi connectivity index (χ2n) is 7.39. The predicted octanol–water partition coefficient (Wildman–Crippen LogP) is 3.02. The molecule has 31 heavy (non-hydrogen) atoms. The van der Waals surface area contributed by atoms with Gasteiger partial charge in [0.1, 0.15) is 36.2 Å². The maximum Gasteiger partial charge on any atom is 0.238 e. The van der Waals surface area contributed by atoms with Crippen LogP contribution in [0.4, 0.5) is 4.39 Å². The normalized spacial score (nSPS) is 16.6. The highest BCUT2D eigenvalue weighted by molar-refractivity contribution is 5.95. The first-order valence-corrected chi connectivity index (χ1v) is 9.82. The Labute approximate surface area is 176 Å². The van der Waals surface area contributed by atoms with Crippen molar-refractivity contribution in [2.75, 3.05) is 13.7 Å². The number of imidazole rings is 1. The Morgan fingerprint density at radius 1 is 1.13 bits per heavy atom. The molecule has 0 bridgehead atoms. The Morgan fingerprint density at radius 3 is 2.84 bits per heavy atom. The summed E-state index contributed by atoms with van der Waals surface area (Å²) in [5.74, 6) is 0.945. The van der Waals surface area contributed by atoms with E-state index in [4.69, 9.17) is 14.5 Å². The minimum Gasteiger partial charge on any atom is -0.497 e. The lowest BCUT2D eigenvalue weighted by atomic mass is 10.1. The number of methoxy groups -OCH3 is 1. The fraction of sp³-hybridized carbons (Fsp3) is 0.182. The molecule has 8 nitrogen and oxygen atoms in total. The number of aromatic nitrogens is 5. The van der Waals surface area contributed by atoms with Crippen molar-refractivity contribution in [3.05, 3.63) is 83.5 Å². The third-order valence-corrected chi connectivity index (χ3v) is 5.61.